The Morgan fingerprint density at radius 1 is 1.29 bits per heavy atom. The highest BCUT2D eigenvalue weighted by molar-refractivity contribution is 5.62. The molecule has 1 fully saturated rings. The lowest BCUT2D eigenvalue weighted by atomic mass is 9.73. The molecular weight excluding hydrogens is 271 g/mol. The second-order valence-electron chi connectivity index (χ2n) is 6.53. The summed E-state index contributed by atoms with van der Waals surface area (Å²) < 4.78 is 19.0. The zero-order valence-electron chi connectivity index (χ0n) is 12.3. The molecule has 1 aromatic heterocycles. The molecule has 3 rings (SSSR count). The van der Waals surface area contributed by atoms with Crippen molar-refractivity contribution in [3.8, 4) is 17.2 Å². The van der Waals surface area contributed by atoms with E-state index in [4.69, 9.17) is 4.52 Å². The van der Waals surface area contributed by atoms with Crippen LogP contribution < -0.4 is 0 Å². The number of aromatic hydroxyl groups is 1. The van der Waals surface area contributed by atoms with Crippen molar-refractivity contribution in [3.63, 3.8) is 0 Å². The Labute approximate surface area is 123 Å². The van der Waals surface area contributed by atoms with Gasteiger partial charge in [-0.3, -0.25) is 0 Å². The Bertz CT molecular complexity index is 621. The lowest BCUT2D eigenvalue weighted by Gasteiger charge is -2.32. The third kappa shape index (κ3) is 2.77. The molecule has 112 valence electrons. The molecule has 0 spiro atoms. The summed E-state index contributed by atoms with van der Waals surface area (Å²) in [5.41, 5.74) is 0.347. The lowest BCUT2D eigenvalue weighted by Crippen LogP contribution is -2.20. The van der Waals surface area contributed by atoms with Crippen LogP contribution in [0.5, 0.6) is 5.75 Å². The van der Waals surface area contributed by atoms with Crippen molar-refractivity contribution >= 4 is 0 Å². The van der Waals surface area contributed by atoms with E-state index < -0.39 is 5.82 Å². The van der Waals surface area contributed by atoms with Crippen LogP contribution in [-0.4, -0.2) is 15.2 Å². The minimum Gasteiger partial charge on any atom is -0.507 e. The largest absolute Gasteiger partial charge is 0.507 e. The monoisotopic (exact) mass is 290 g/mol. The fraction of sp³-hybridized carbons (Fsp3) is 0.500. The number of hydrogen-bond acceptors (Lipinski definition) is 4. The van der Waals surface area contributed by atoms with Gasteiger partial charge in [-0.05, 0) is 43.2 Å². The number of nitrogens with zero attached hydrogens (tertiary/aromatic N) is 2. The second-order valence-corrected chi connectivity index (χ2v) is 6.53. The van der Waals surface area contributed by atoms with Gasteiger partial charge in [0.25, 0.3) is 5.89 Å². The Hall–Kier alpha value is -1.91. The highest BCUT2D eigenvalue weighted by Crippen LogP contribution is 2.42. The summed E-state index contributed by atoms with van der Waals surface area (Å²) in [6, 6.07) is 4.11. The molecule has 2 aromatic rings. The molecule has 0 radical (unpaired) electrons. The highest BCUT2D eigenvalue weighted by atomic mass is 19.1. The van der Waals surface area contributed by atoms with E-state index in [2.05, 4.69) is 24.0 Å². The van der Waals surface area contributed by atoms with Gasteiger partial charge in [-0.25, -0.2) is 4.39 Å². The number of phenols is 1. The van der Waals surface area contributed by atoms with Crippen molar-refractivity contribution in [1.82, 2.24) is 10.1 Å². The van der Waals surface area contributed by atoms with Crippen molar-refractivity contribution < 1.29 is 14.0 Å². The smallest absolute Gasteiger partial charge is 0.264 e. The van der Waals surface area contributed by atoms with Gasteiger partial charge in [0.2, 0.25) is 0 Å². The van der Waals surface area contributed by atoms with E-state index in [1.165, 1.54) is 18.2 Å². The summed E-state index contributed by atoms with van der Waals surface area (Å²) in [5, 5.41) is 13.7. The van der Waals surface area contributed by atoms with Gasteiger partial charge >= 0.3 is 0 Å². The molecule has 1 aliphatic carbocycles. The maximum atomic E-state index is 13.8. The van der Waals surface area contributed by atoms with Crippen LogP contribution in [0.3, 0.4) is 0 Å². The molecule has 1 N–H and O–H groups in total. The number of phenolic OH excluding ortho intramolecular Hbond substituents is 1. The van der Waals surface area contributed by atoms with Crippen LogP contribution in [0.2, 0.25) is 0 Å². The first-order valence-corrected chi connectivity index (χ1v) is 7.28. The van der Waals surface area contributed by atoms with E-state index in [1.54, 1.807) is 0 Å². The van der Waals surface area contributed by atoms with Crippen molar-refractivity contribution in [2.75, 3.05) is 0 Å². The van der Waals surface area contributed by atoms with E-state index in [0.29, 0.717) is 11.2 Å². The predicted molar refractivity (Wildman–Crippen MR) is 76.3 cm³/mol. The van der Waals surface area contributed by atoms with Crippen molar-refractivity contribution in [1.29, 1.82) is 0 Å². The van der Waals surface area contributed by atoms with Crippen LogP contribution >= 0.6 is 0 Å². The summed E-state index contributed by atoms with van der Waals surface area (Å²) >= 11 is 0. The van der Waals surface area contributed by atoms with Gasteiger partial charge in [0.05, 0.1) is 0 Å². The third-order valence-electron chi connectivity index (χ3n) is 4.35. The zero-order valence-corrected chi connectivity index (χ0v) is 12.3. The predicted octanol–water partition coefficient (Wildman–Crippen LogP) is 4.27. The molecular formula is C16H19FN2O2. The Balaban J connectivity index is 1.84. The van der Waals surface area contributed by atoms with Crippen molar-refractivity contribution in [2.24, 2.45) is 5.41 Å². The molecule has 21 heavy (non-hydrogen) atoms. The van der Waals surface area contributed by atoms with Gasteiger partial charge in [0.1, 0.15) is 17.1 Å². The topological polar surface area (TPSA) is 59.2 Å². The van der Waals surface area contributed by atoms with Crippen LogP contribution in [0.1, 0.15) is 51.3 Å². The fourth-order valence-corrected chi connectivity index (χ4v) is 2.88. The number of hydrogen-bond donors (Lipinski definition) is 1. The maximum absolute atomic E-state index is 13.8. The van der Waals surface area contributed by atoms with E-state index in [-0.39, 0.29) is 23.1 Å². The molecule has 0 aliphatic heterocycles. The molecule has 0 atom stereocenters. The summed E-state index contributed by atoms with van der Waals surface area (Å²) in [7, 11) is 0. The van der Waals surface area contributed by atoms with Gasteiger partial charge in [0.15, 0.2) is 5.82 Å². The van der Waals surface area contributed by atoms with Crippen LogP contribution in [0.15, 0.2) is 22.7 Å². The van der Waals surface area contributed by atoms with Crippen LogP contribution in [0.4, 0.5) is 4.39 Å². The summed E-state index contributed by atoms with van der Waals surface area (Å²) in [6.45, 7) is 4.53. The second kappa shape index (κ2) is 5.13. The van der Waals surface area contributed by atoms with Crippen molar-refractivity contribution in [2.45, 2.75) is 45.4 Å². The lowest BCUT2D eigenvalue weighted by molar-refractivity contribution is 0.218. The number of rotatable bonds is 2. The molecule has 1 aromatic carbocycles. The Kier molecular flexibility index (Phi) is 3.43. The average molecular weight is 290 g/mol. The highest BCUT2D eigenvalue weighted by Gasteiger charge is 2.30. The minimum atomic E-state index is -0.560. The van der Waals surface area contributed by atoms with Crippen molar-refractivity contribution in [3.05, 3.63) is 29.8 Å². The Morgan fingerprint density at radius 3 is 2.67 bits per heavy atom. The van der Waals surface area contributed by atoms with Gasteiger partial charge in [-0.1, -0.05) is 25.1 Å². The first kappa shape index (κ1) is 14.0. The molecule has 0 bridgehead atoms. The van der Waals surface area contributed by atoms with Crippen LogP contribution in [0, 0.1) is 11.2 Å². The first-order valence-electron chi connectivity index (χ1n) is 7.28. The van der Waals surface area contributed by atoms with Gasteiger partial charge in [-0.15, -0.1) is 0 Å². The summed E-state index contributed by atoms with van der Waals surface area (Å²) in [6.07, 6.45) is 4.25. The van der Waals surface area contributed by atoms with Gasteiger partial charge in [0, 0.05) is 5.92 Å². The molecule has 0 amide bonds. The molecule has 4 nitrogen and oxygen atoms in total. The molecule has 1 aliphatic rings. The van der Waals surface area contributed by atoms with Crippen LogP contribution in [0.25, 0.3) is 11.5 Å². The van der Waals surface area contributed by atoms with E-state index in [9.17, 15) is 9.50 Å². The average Bonchev–Trinajstić information content (AvgIpc) is 2.88. The number of aromatic nitrogens is 2. The SMILES string of the molecule is CC1(C)CCC(c2noc(-c3c(O)cccc3F)n2)CC1. The van der Waals surface area contributed by atoms with E-state index >= 15 is 0 Å². The first-order chi connectivity index (χ1) is 9.96. The van der Waals surface area contributed by atoms with Crippen LogP contribution in [-0.2, 0) is 0 Å². The summed E-state index contributed by atoms with van der Waals surface area (Å²) in [5.74, 6) is 0.169. The zero-order chi connectivity index (χ0) is 15.0. The normalized spacial score (nSPS) is 18.8. The summed E-state index contributed by atoms with van der Waals surface area (Å²) in [4.78, 5) is 4.30. The van der Waals surface area contributed by atoms with E-state index in [1.807, 2.05) is 0 Å². The minimum absolute atomic E-state index is 0.0209. The number of benzene rings is 1. The third-order valence-corrected chi connectivity index (χ3v) is 4.35. The molecule has 0 unspecified atom stereocenters. The van der Waals surface area contributed by atoms with Gasteiger partial charge < -0.3 is 9.63 Å². The maximum Gasteiger partial charge on any atom is 0.264 e. The van der Waals surface area contributed by atoms with E-state index in [0.717, 1.165) is 25.7 Å². The number of halogens is 1. The fourth-order valence-electron chi connectivity index (χ4n) is 2.88. The molecule has 5 heteroatoms. The quantitative estimate of drug-likeness (QED) is 0.897. The Morgan fingerprint density at radius 2 is 2.00 bits per heavy atom. The molecule has 1 saturated carbocycles. The van der Waals surface area contributed by atoms with Gasteiger partial charge in [-0.2, -0.15) is 4.98 Å². The standard InChI is InChI=1S/C16H19FN2O2/c1-16(2)8-6-10(7-9-16)14-18-15(21-19-14)13-11(17)4-3-5-12(13)20/h3-5,10,20H,6-9H2,1-2H3. The molecule has 0 saturated heterocycles. The molecule has 1 heterocycles.